The van der Waals surface area contributed by atoms with Crippen LogP contribution in [-0.2, 0) is 6.18 Å². The van der Waals surface area contributed by atoms with E-state index in [-0.39, 0.29) is 16.5 Å². The van der Waals surface area contributed by atoms with Crippen LogP contribution in [0.4, 0.5) is 18.9 Å². The number of carbonyl (C=O) groups excluding carboxylic acids is 1. The molecule has 0 aliphatic carbocycles. The highest BCUT2D eigenvalue weighted by molar-refractivity contribution is 6.05. The molecule has 0 aliphatic heterocycles. The molecule has 0 atom stereocenters. The van der Waals surface area contributed by atoms with Crippen LogP contribution in [-0.4, -0.2) is 15.9 Å². The molecule has 0 spiro atoms. The molecule has 2 heterocycles. The summed E-state index contributed by atoms with van der Waals surface area (Å²) >= 11 is 0. The van der Waals surface area contributed by atoms with Gasteiger partial charge < -0.3 is 10.3 Å². The predicted molar refractivity (Wildman–Crippen MR) is 81.8 cm³/mol. The molecule has 0 fully saturated rings. The van der Waals surface area contributed by atoms with E-state index in [1.54, 1.807) is 12.1 Å². The molecule has 1 aromatic carbocycles. The molecule has 3 rings (SSSR count). The van der Waals surface area contributed by atoms with Crippen molar-refractivity contribution in [3.8, 4) is 0 Å². The average molecular weight is 333 g/mol. The van der Waals surface area contributed by atoms with Crippen LogP contribution in [0.5, 0.6) is 0 Å². The van der Waals surface area contributed by atoms with Gasteiger partial charge >= 0.3 is 6.18 Å². The van der Waals surface area contributed by atoms with Gasteiger partial charge in [0.1, 0.15) is 5.56 Å². The number of H-pyrrole nitrogens is 1. The van der Waals surface area contributed by atoms with Gasteiger partial charge in [-0.1, -0.05) is 6.07 Å². The zero-order valence-electron chi connectivity index (χ0n) is 12.0. The number of para-hydroxylation sites is 1. The highest BCUT2D eigenvalue weighted by Crippen LogP contribution is 2.32. The number of carbonyl (C=O) groups is 1. The quantitative estimate of drug-likeness (QED) is 0.756. The van der Waals surface area contributed by atoms with Gasteiger partial charge in [0.05, 0.1) is 23.0 Å². The molecule has 122 valence electrons. The molecule has 3 aromatic rings. The van der Waals surface area contributed by atoms with Gasteiger partial charge in [0.15, 0.2) is 0 Å². The van der Waals surface area contributed by atoms with Crippen LogP contribution >= 0.6 is 0 Å². The molecule has 0 unspecified atom stereocenters. The van der Waals surface area contributed by atoms with Gasteiger partial charge in [-0.3, -0.25) is 14.6 Å². The Kier molecular flexibility index (Phi) is 3.80. The lowest BCUT2D eigenvalue weighted by atomic mass is 10.1. The van der Waals surface area contributed by atoms with Crippen molar-refractivity contribution in [1.29, 1.82) is 0 Å². The molecular formula is C16H10F3N3O2. The van der Waals surface area contributed by atoms with Crippen molar-refractivity contribution < 1.29 is 18.0 Å². The lowest BCUT2D eigenvalue weighted by Gasteiger charge is -2.11. The summed E-state index contributed by atoms with van der Waals surface area (Å²) in [4.78, 5) is 30.8. The highest BCUT2D eigenvalue weighted by Gasteiger charge is 2.33. The third-order valence-electron chi connectivity index (χ3n) is 3.38. The second kappa shape index (κ2) is 5.80. The number of pyridine rings is 2. The Balaban J connectivity index is 2.07. The fourth-order valence-electron chi connectivity index (χ4n) is 2.29. The maximum absolute atomic E-state index is 13.0. The fourth-order valence-corrected chi connectivity index (χ4v) is 2.29. The van der Waals surface area contributed by atoms with Crippen LogP contribution in [0.15, 0.2) is 53.7 Å². The summed E-state index contributed by atoms with van der Waals surface area (Å²) in [6.07, 6.45) is -0.737. The Morgan fingerprint density at radius 3 is 2.62 bits per heavy atom. The molecule has 2 aromatic heterocycles. The van der Waals surface area contributed by atoms with E-state index in [0.29, 0.717) is 5.69 Å². The number of aromatic amines is 1. The van der Waals surface area contributed by atoms with Gasteiger partial charge in [0.25, 0.3) is 5.91 Å². The lowest BCUT2D eigenvalue weighted by Crippen LogP contribution is -2.22. The monoisotopic (exact) mass is 333 g/mol. The summed E-state index contributed by atoms with van der Waals surface area (Å²) in [6.45, 7) is 0. The number of benzene rings is 1. The zero-order chi connectivity index (χ0) is 17.3. The van der Waals surface area contributed by atoms with Crippen molar-refractivity contribution in [3.63, 3.8) is 0 Å². The summed E-state index contributed by atoms with van der Waals surface area (Å²) in [5.41, 5.74) is -2.02. The smallest absolute Gasteiger partial charge is 0.360 e. The fraction of sp³-hybridized carbons (Fsp3) is 0.0625. The molecule has 0 saturated carbocycles. The first-order chi connectivity index (χ1) is 11.4. The molecule has 5 nitrogen and oxygen atoms in total. The normalized spacial score (nSPS) is 11.5. The Labute approximate surface area is 133 Å². The molecular weight excluding hydrogens is 323 g/mol. The number of amides is 1. The summed E-state index contributed by atoms with van der Waals surface area (Å²) in [5.74, 6) is -0.733. The van der Waals surface area contributed by atoms with Crippen LogP contribution in [0.3, 0.4) is 0 Å². The third-order valence-corrected chi connectivity index (χ3v) is 3.38. The van der Waals surface area contributed by atoms with Gasteiger partial charge in [-0.2, -0.15) is 13.2 Å². The van der Waals surface area contributed by atoms with Crippen molar-refractivity contribution >= 4 is 22.5 Å². The SMILES string of the molecule is O=C(Nc1cccnc1)c1c[nH]c2c(C(F)(F)F)cccc2c1=O. The summed E-state index contributed by atoms with van der Waals surface area (Å²) < 4.78 is 39.0. The minimum atomic E-state index is -4.61. The Hall–Kier alpha value is -3.16. The second-order valence-corrected chi connectivity index (χ2v) is 4.95. The van der Waals surface area contributed by atoms with Gasteiger partial charge in [0, 0.05) is 17.8 Å². The van der Waals surface area contributed by atoms with Crippen molar-refractivity contribution in [2.45, 2.75) is 6.18 Å². The molecule has 0 radical (unpaired) electrons. The van der Waals surface area contributed by atoms with Gasteiger partial charge in [-0.05, 0) is 24.3 Å². The van der Waals surface area contributed by atoms with Gasteiger partial charge in [-0.25, -0.2) is 0 Å². The Morgan fingerprint density at radius 1 is 1.17 bits per heavy atom. The first-order valence-corrected chi connectivity index (χ1v) is 6.81. The van der Waals surface area contributed by atoms with E-state index >= 15 is 0 Å². The maximum Gasteiger partial charge on any atom is 0.418 e. The van der Waals surface area contributed by atoms with Crippen LogP contribution in [0.2, 0.25) is 0 Å². The number of hydrogen-bond acceptors (Lipinski definition) is 3. The van der Waals surface area contributed by atoms with Gasteiger partial charge in [0.2, 0.25) is 5.43 Å². The van der Waals surface area contributed by atoms with Crippen molar-refractivity contribution in [2.75, 3.05) is 5.32 Å². The zero-order valence-corrected chi connectivity index (χ0v) is 12.0. The molecule has 24 heavy (non-hydrogen) atoms. The van der Waals surface area contributed by atoms with Crippen LogP contribution in [0.25, 0.3) is 10.9 Å². The molecule has 0 bridgehead atoms. The minimum Gasteiger partial charge on any atom is -0.360 e. The number of fused-ring (bicyclic) bond motifs is 1. The molecule has 2 N–H and O–H groups in total. The molecule has 0 aliphatic rings. The number of rotatable bonds is 2. The maximum atomic E-state index is 13.0. The third kappa shape index (κ3) is 2.85. The molecule has 8 heteroatoms. The Bertz CT molecular complexity index is 966. The summed E-state index contributed by atoms with van der Waals surface area (Å²) in [6, 6.07) is 6.40. The average Bonchev–Trinajstić information content (AvgIpc) is 2.54. The number of hydrogen-bond donors (Lipinski definition) is 2. The van der Waals surface area contributed by atoms with E-state index in [0.717, 1.165) is 18.3 Å². The number of nitrogens with one attached hydrogen (secondary N) is 2. The van der Waals surface area contributed by atoms with E-state index in [2.05, 4.69) is 15.3 Å². The largest absolute Gasteiger partial charge is 0.418 e. The van der Waals surface area contributed by atoms with E-state index in [1.165, 1.54) is 18.5 Å². The highest BCUT2D eigenvalue weighted by atomic mass is 19.4. The van der Waals surface area contributed by atoms with Crippen molar-refractivity contribution in [1.82, 2.24) is 9.97 Å². The molecule has 0 saturated heterocycles. The summed E-state index contributed by atoms with van der Waals surface area (Å²) in [5, 5.41) is 2.26. The van der Waals surface area contributed by atoms with Crippen molar-refractivity contribution in [3.05, 3.63) is 70.3 Å². The second-order valence-electron chi connectivity index (χ2n) is 4.95. The number of halogens is 3. The number of aromatic nitrogens is 2. The number of nitrogens with zero attached hydrogens (tertiary/aromatic N) is 1. The first kappa shape index (κ1) is 15.7. The number of anilines is 1. The van der Waals surface area contributed by atoms with E-state index in [9.17, 15) is 22.8 Å². The Morgan fingerprint density at radius 2 is 1.96 bits per heavy atom. The van der Waals surface area contributed by atoms with Gasteiger partial charge in [-0.15, -0.1) is 0 Å². The predicted octanol–water partition coefficient (Wildman–Crippen LogP) is 3.19. The standard InChI is InChI=1S/C16H10F3N3O2/c17-16(18,19)12-5-1-4-10-13(12)21-8-11(14(10)23)15(24)22-9-3-2-6-20-7-9/h1-8H,(H,21,23)(H,22,24). The van der Waals surface area contributed by atoms with E-state index in [4.69, 9.17) is 0 Å². The van der Waals surface area contributed by atoms with Crippen LogP contribution < -0.4 is 10.7 Å². The van der Waals surface area contributed by atoms with Crippen LogP contribution in [0, 0.1) is 0 Å². The topological polar surface area (TPSA) is 74.8 Å². The minimum absolute atomic E-state index is 0.205. The van der Waals surface area contributed by atoms with E-state index in [1.807, 2.05) is 0 Å². The van der Waals surface area contributed by atoms with Crippen molar-refractivity contribution in [2.24, 2.45) is 0 Å². The first-order valence-electron chi connectivity index (χ1n) is 6.81. The lowest BCUT2D eigenvalue weighted by molar-refractivity contribution is -0.136. The summed E-state index contributed by atoms with van der Waals surface area (Å²) in [7, 11) is 0. The molecule has 1 amide bonds. The van der Waals surface area contributed by atoms with Crippen LogP contribution in [0.1, 0.15) is 15.9 Å². The van der Waals surface area contributed by atoms with E-state index < -0.39 is 23.1 Å². The number of alkyl halides is 3.